The van der Waals surface area contributed by atoms with Crippen molar-refractivity contribution in [3.05, 3.63) is 23.7 Å². The molecule has 174 valence electrons. The van der Waals surface area contributed by atoms with E-state index < -0.39 is 51.8 Å². The minimum absolute atomic E-state index is 0. The summed E-state index contributed by atoms with van der Waals surface area (Å²) in [6.45, 7) is 3.31. The van der Waals surface area contributed by atoms with Gasteiger partial charge in [-0.15, -0.1) is 22.9 Å². The first-order valence-electron chi connectivity index (χ1n) is 8.35. The topological polar surface area (TPSA) is 196 Å². The molecule has 0 aromatic carbocycles. The van der Waals surface area contributed by atoms with Crippen LogP contribution in [0, 0.1) is 0 Å². The minimum atomic E-state index is -5.34. The van der Waals surface area contributed by atoms with Gasteiger partial charge in [0.25, 0.3) is 11.8 Å². The Kier molecular flexibility index (Phi) is 10.9. The maximum atomic E-state index is 12.7. The molecular weight excluding hydrogens is 517 g/mol. The summed E-state index contributed by atoms with van der Waals surface area (Å²) in [4.78, 5) is 57.0. The van der Waals surface area contributed by atoms with E-state index in [9.17, 15) is 32.1 Å². The Morgan fingerprint density at radius 1 is 1.45 bits per heavy atom. The predicted octanol–water partition coefficient (Wildman–Crippen LogP) is -4.44. The van der Waals surface area contributed by atoms with E-state index in [-0.39, 0.29) is 57.2 Å². The minimum Gasteiger partial charge on any atom is -0.731 e. The number of halogens is 1. The third kappa shape index (κ3) is 6.95. The summed E-state index contributed by atoms with van der Waals surface area (Å²) >= 11 is 6.33. The molecule has 1 aliphatic rings. The van der Waals surface area contributed by atoms with Crippen molar-refractivity contribution >= 4 is 67.8 Å². The molecule has 0 spiro atoms. The number of thiazole rings is 1. The number of ether oxygens (including phenoxy) is 1. The molecule has 1 aromatic rings. The van der Waals surface area contributed by atoms with Crippen molar-refractivity contribution in [3.63, 3.8) is 0 Å². The summed E-state index contributed by atoms with van der Waals surface area (Å²) in [6, 6.07) is -3.62. The molecule has 1 aromatic heterocycles. The number of β-lactam (4-membered cyclic amide) rings is 1. The van der Waals surface area contributed by atoms with Crippen molar-refractivity contribution in [2.24, 2.45) is 5.16 Å². The summed E-state index contributed by atoms with van der Waals surface area (Å²) in [7, 11) is -4.43. The van der Waals surface area contributed by atoms with Crippen LogP contribution < -0.4 is 40.2 Å². The van der Waals surface area contributed by atoms with E-state index >= 15 is 0 Å². The Bertz CT molecular complexity index is 1080. The molecule has 3 amide bonds. The number of hydrogen-bond acceptors (Lipinski definition) is 12. The molecule has 2 unspecified atom stereocenters. The molecule has 1 fully saturated rings. The van der Waals surface area contributed by atoms with E-state index in [4.69, 9.17) is 16.4 Å². The van der Waals surface area contributed by atoms with E-state index in [2.05, 4.69) is 32.1 Å². The summed E-state index contributed by atoms with van der Waals surface area (Å²) in [5, 5.41) is 9.48. The maximum Gasteiger partial charge on any atom is 1.00 e. The average Bonchev–Trinajstić information content (AvgIpc) is 3.19. The molecule has 2 rings (SSSR count). The SMILES string of the molecule is C=CCON=C(C(=O)NC1C(=O)N(S(=O)(=O)[O-])C1C(=O)OC)c1csc(NC(=O)CCl)n1.[Na+]. The Morgan fingerprint density at radius 2 is 2.12 bits per heavy atom. The first kappa shape index (κ1) is 29.0. The third-order valence-corrected chi connectivity index (χ3v) is 5.59. The molecule has 0 radical (unpaired) electrons. The second-order valence-electron chi connectivity index (χ2n) is 5.75. The molecule has 1 saturated heterocycles. The summed E-state index contributed by atoms with van der Waals surface area (Å²) < 4.78 is 37.9. The Morgan fingerprint density at radius 3 is 2.67 bits per heavy atom. The van der Waals surface area contributed by atoms with E-state index in [1.165, 1.54) is 11.5 Å². The average molecular weight is 532 g/mol. The van der Waals surface area contributed by atoms with Crippen LogP contribution in [0.25, 0.3) is 0 Å². The molecule has 33 heavy (non-hydrogen) atoms. The number of oxime groups is 1. The summed E-state index contributed by atoms with van der Waals surface area (Å²) in [5.74, 6) is -4.57. The smallest absolute Gasteiger partial charge is 0.731 e. The maximum absolute atomic E-state index is 12.7. The molecule has 0 aliphatic carbocycles. The van der Waals surface area contributed by atoms with E-state index in [1.807, 2.05) is 0 Å². The van der Waals surface area contributed by atoms with Gasteiger partial charge in [0.15, 0.2) is 27.2 Å². The van der Waals surface area contributed by atoms with Crippen LogP contribution in [0.2, 0.25) is 0 Å². The van der Waals surface area contributed by atoms with Crippen LogP contribution in [-0.2, 0) is 39.1 Å². The number of carbonyl (C=O) groups excluding carboxylic acids is 4. The standard InChI is InChI=1S/C15H16ClN5O9S2.Na/c1-3-4-30-20-9(7-6-31-15(17-7)18-8(22)5-16)12(23)19-10-11(14(25)29-2)21(13(10)24)32(26,27)28;/h3,6,10-11H,1,4-5H2,2H3,(H,19,23)(H,17,18,22)(H,26,27,28);/q;+1/p-1. The van der Waals surface area contributed by atoms with Gasteiger partial charge in [0.2, 0.25) is 5.91 Å². The zero-order chi connectivity index (χ0) is 24.1. The van der Waals surface area contributed by atoms with Gasteiger partial charge < -0.3 is 24.8 Å². The molecule has 2 heterocycles. The number of amides is 3. The quantitative estimate of drug-likeness (QED) is 0.0342. The number of methoxy groups -OCH3 is 1. The Hall–Kier alpha value is -2.08. The molecule has 18 heteroatoms. The van der Waals surface area contributed by atoms with Crippen LogP contribution in [0.1, 0.15) is 5.69 Å². The molecule has 0 saturated carbocycles. The van der Waals surface area contributed by atoms with Crippen LogP contribution in [0.3, 0.4) is 0 Å². The fourth-order valence-corrected chi connectivity index (χ4v) is 3.96. The number of anilines is 1. The van der Waals surface area contributed by atoms with Gasteiger partial charge in [-0.1, -0.05) is 17.8 Å². The van der Waals surface area contributed by atoms with Gasteiger partial charge in [-0.3, -0.25) is 14.4 Å². The summed E-state index contributed by atoms with van der Waals surface area (Å²) in [5.41, 5.74) is -0.564. The molecule has 2 atom stereocenters. The third-order valence-electron chi connectivity index (χ3n) is 3.70. The van der Waals surface area contributed by atoms with Gasteiger partial charge in [0.1, 0.15) is 24.2 Å². The van der Waals surface area contributed by atoms with E-state index in [0.29, 0.717) is 0 Å². The Balaban J connectivity index is 0.00000544. The van der Waals surface area contributed by atoms with Crippen LogP contribution >= 0.6 is 22.9 Å². The van der Waals surface area contributed by atoms with Gasteiger partial charge in [-0.2, -0.15) is 0 Å². The zero-order valence-electron chi connectivity index (χ0n) is 17.1. The van der Waals surface area contributed by atoms with Crippen LogP contribution in [0.15, 0.2) is 23.2 Å². The first-order chi connectivity index (χ1) is 15.0. The van der Waals surface area contributed by atoms with Crippen LogP contribution in [0.5, 0.6) is 0 Å². The number of esters is 1. The van der Waals surface area contributed by atoms with Gasteiger partial charge in [0.05, 0.1) is 7.11 Å². The molecule has 1 aliphatic heterocycles. The fourth-order valence-electron chi connectivity index (χ4n) is 2.37. The number of nitrogens with one attached hydrogen (secondary N) is 2. The monoisotopic (exact) mass is 531 g/mol. The number of carbonyl (C=O) groups is 4. The van der Waals surface area contributed by atoms with Crippen molar-refractivity contribution in [2.75, 3.05) is 24.9 Å². The number of alkyl halides is 1. The number of hydrogen-bond donors (Lipinski definition) is 2. The predicted molar refractivity (Wildman–Crippen MR) is 108 cm³/mol. The number of aromatic nitrogens is 1. The number of rotatable bonds is 10. The van der Waals surface area contributed by atoms with Crippen molar-refractivity contribution in [3.8, 4) is 0 Å². The van der Waals surface area contributed by atoms with Gasteiger partial charge in [-0.05, 0) is 0 Å². The molecular formula is C15H15ClN5NaO9S2. The van der Waals surface area contributed by atoms with Gasteiger partial charge in [0, 0.05) is 5.38 Å². The van der Waals surface area contributed by atoms with Crippen molar-refractivity contribution < 1.29 is 71.3 Å². The van der Waals surface area contributed by atoms with Crippen LogP contribution in [0.4, 0.5) is 5.13 Å². The largest absolute Gasteiger partial charge is 1.00 e. The van der Waals surface area contributed by atoms with Crippen molar-refractivity contribution in [1.29, 1.82) is 0 Å². The normalized spacial score (nSPS) is 17.8. The van der Waals surface area contributed by atoms with Crippen molar-refractivity contribution in [1.82, 2.24) is 14.6 Å². The first-order valence-corrected chi connectivity index (χ1v) is 11.1. The summed E-state index contributed by atoms with van der Waals surface area (Å²) in [6.07, 6.45) is 1.33. The fraction of sp³-hybridized carbons (Fsp3) is 0.333. The molecule has 2 N–H and O–H groups in total. The number of nitrogens with zero attached hydrogens (tertiary/aromatic N) is 3. The Labute approximate surface area is 218 Å². The molecule has 14 nitrogen and oxygen atoms in total. The second-order valence-corrected chi connectivity index (χ2v) is 8.13. The van der Waals surface area contributed by atoms with Crippen molar-refractivity contribution in [2.45, 2.75) is 12.1 Å². The van der Waals surface area contributed by atoms with E-state index in [1.54, 1.807) is 0 Å². The zero-order valence-corrected chi connectivity index (χ0v) is 21.5. The van der Waals surface area contributed by atoms with E-state index in [0.717, 1.165) is 18.4 Å². The second kappa shape index (κ2) is 12.4. The molecule has 0 bridgehead atoms. The van der Waals surface area contributed by atoms with Gasteiger partial charge in [-0.25, -0.2) is 22.5 Å². The van der Waals surface area contributed by atoms with Gasteiger partial charge >= 0.3 is 35.5 Å². The van der Waals surface area contributed by atoms with Crippen LogP contribution in [-0.4, -0.2) is 83.3 Å².